The topological polar surface area (TPSA) is 48.0 Å². The summed E-state index contributed by atoms with van der Waals surface area (Å²) in [7, 11) is 1.89. The number of hydrogen-bond donors (Lipinski definition) is 1. The summed E-state index contributed by atoms with van der Waals surface area (Å²) >= 11 is 5.92. The van der Waals surface area contributed by atoms with E-state index >= 15 is 0 Å². The monoisotopic (exact) mass is 236 g/mol. The highest BCUT2D eigenvalue weighted by atomic mass is 35.5. The summed E-state index contributed by atoms with van der Waals surface area (Å²) in [6.07, 6.45) is 1.80. The summed E-state index contributed by atoms with van der Waals surface area (Å²) in [4.78, 5) is 11.9. The van der Waals surface area contributed by atoms with Crippen molar-refractivity contribution in [2.45, 2.75) is 13.0 Å². The van der Waals surface area contributed by atoms with Crippen LogP contribution in [0.25, 0.3) is 10.9 Å². The Balaban J connectivity index is 2.69. The zero-order valence-corrected chi connectivity index (χ0v) is 9.95. The summed E-state index contributed by atoms with van der Waals surface area (Å²) in [5, 5.41) is 1.56. The van der Waals surface area contributed by atoms with Crippen LogP contribution in [0.15, 0.2) is 24.4 Å². The van der Waals surface area contributed by atoms with Crippen LogP contribution in [0.2, 0.25) is 5.02 Å². The number of aryl methyl sites for hydroxylation is 1. The molecule has 0 radical (unpaired) electrons. The smallest absolute Gasteiger partial charge is 0.181 e. The Morgan fingerprint density at radius 2 is 2.19 bits per heavy atom. The molecule has 2 rings (SSSR count). The molecule has 3 nitrogen and oxygen atoms in total. The van der Waals surface area contributed by atoms with Gasteiger partial charge in [0.25, 0.3) is 0 Å². The van der Waals surface area contributed by atoms with Crippen LogP contribution in [0, 0.1) is 0 Å². The molecule has 16 heavy (non-hydrogen) atoms. The predicted molar refractivity (Wildman–Crippen MR) is 65.9 cm³/mol. The second-order valence-corrected chi connectivity index (χ2v) is 4.40. The zero-order valence-electron chi connectivity index (χ0n) is 9.20. The highest BCUT2D eigenvalue weighted by molar-refractivity contribution is 6.31. The molecule has 0 saturated carbocycles. The quantitative estimate of drug-likeness (QED) is 0.814. The van der Waals surface area contributed by atoms with Crippen LogP contribution in [0.3, 0.4) is 0 Å². The van der Waals surface area contributed by atoms with Crippen molar-refractivity contribution in [2.75, 3.05) is 0 Å². The number of carbonyl (C=O) groups excluding carboxylic acids is 1. The van der Waals surface area contributed by atoms with Gasteiger partial charge in [0.05, 0.1) is 6.04 Å². The van der Waals surface area contributed by atoms with Gasteiger partial charge in [-0.15, -0.1) is 0 Å². The molecule has 1 aromatic heterocycles. The number of hydrogen-bond acceptors (Lipinski definition) is 2. The van der Waals surface area contributed by atoms with Crippen LogP contribution in [-0.2, 0) is 7.05 Å². The van der Waals surface area contributed by atoms with Crippen molar-refractivity contribution in [3.63, 3.8) is 0 Å². The molecule has 0 spiro atoms. The predicted octanol–water partition coefficient (Wildman–Crippen LogP) is 2.36. The van der Waals surface area contributed by atoms with Crippen molar-refractivity contribution < 1.29 is 4.79 Å². The standard InChI is InChI=1S/C12H13ClN2O/c1-7(14)12(16)10-6-15(2)11-5-8(13)3-4-9(10)11/h3-7H,14H2,1-2H3. The lowest BCUT2D eigenvalue weighted by Gasteiger charge is -2.02. The molecule has 1 aromatic carbocycles. The Bertz CT molecular complexity index is 557. The molecule has 1 unspecified atom stereocenters. The molecule has 1 atom stereocenters. The Kier molecular flexibility index (Phi) is 2.74. The van der Waals surface area contributed by atoms with Crippen LogP contribution in [0.5, 0.6) is 0 Å². The van der Waals surface area contributed by atoms with Gasteiger partial charge >= 0.3 is 0 Å². The average Bonchev–Trinajstić information content (AvgIpc) is 2.55. The first-order valence-electron chi connectivity index (χ1n) is 5.05. The molecule has 2 N–H and O–H groups in total. The maximum atomic E-state index is 11.9. The van der Waals surface area contributed by atoms with Gasteiger partial charge < -0.3 is 10.3 Å². The van der Waals surface area contributed by atoms with Crippen molar-refractivity contribution in [2.24, 2.45) is 12.8 Å². The fourth-order valence-corrected chi connectivity index (χ4v) is 1.97. The van der Waals surface area contributed by atoms with Crippen LogP contribution < -0.4 is 5.73 Å². The number of nitrogens with two attached hydrogens (primary N) is 1. The van der Waals surface area contributed by atoms with E-state index in [4.69, 9.17) is 17.3 Å². The van der Waals surface area contributed by atoms with Gasteiger partial charge in [0.15, 0.2) is 5.78 Å². The van der Waals surface area contributed by atoms with Crippen molar-refractivity contribution in [3.8, 4) is 0 Å². The van der Waals surface area contributed by atoms with E-state index in [0.29, 0.717) is 10.6 Å². The number of rotatable bonds is 2. The molecule has 0 aliphatic rings. The number of aromatic nitrogens is 1. The van der Waals surface area contributed by atoms with Gasteiger partial charge in [-0.1, -0.05) is 17.7 Å². The van der Waals surface area contributed by atoms with E-state index in [1.165, 1.54) is 0 Å². The van der Waals surface area contributed by atoms with Gasteiger partial charge in [-0.2, -0.15) is 0 Å². The van der Waals surface area contributed by atoms with E-state index in [1.54, 1.807) is 19.2 Å². The van der Waals surface area contributed by atoms with Gasteiger partial charge in [0, 0.05) is 34.7 Å². The highest BCUT2D eigenvalue weighted by Gasteiger charge is 2.16. The van der Waals surface area contributed by atoms with Gasteiger partial charge in [-0.3, -0.25) is 4.79 Å². The third kappa shape index (κ3) is 1.72. The number of halogens is 1. The lowest BCUT2D eigenvalue weighted by atomic mass is 10.1. The molecule has 0 aliphatic heterocycles. The molecule has 0 saturated heterocycles. The number of carbonyl (C=O) groups is 1. The summed E-state index contributed by atoms with van der Waals surface area (Å²) in [6, 6.07) is 4.99. The SMILES string of the molecule is CC(N)C(=O)c1cn(C)c2cc(Cl)ccc12. The minimum absolute atomic E-state index is 0.0482. The lowest BCUT2D eigenvalue weighted by molar-refractivity contribution is 0.0969. The number of Topliss-reactive ketones (excluding diaryl/α,β-unsaturated/α-hetero) is 1. The van der Waals surface area contributed by atoms with Gasteiger partial charge in [-0.05, 0) is 19.1 Å². The first kappa shape index (κ1) is 11.2. The minimum atomic E-state index is -0.485. The number of benzene rings is 1. The van der Waals surface area contributed by atoms with E-state index in [1.807, 2.05) is 23.7 Å². The van der Waals surface area contributed by atoms with E-state index in [0.717, 1.165) is 10.9 Å². The van der Waals surface area contributed by atoms with Crippen molar-refractivity contribution in [1.82, 2.24) is 4.57 Å². The van der Waals surface area contributed by atoms with E-state index in [9.17, 15) is 4.79 Å². The Hall–Kier alpha value is -1.32. The summed E-state index contributed by atoms with van der Waals surface area (Å²) in [5.74, 6) is -0.0482. The number of nitrogens with zero attached hydrogens (tertiary/aromatic N) is 1. The molecule has 0 aliphatic carbocycles. The zero-order chi connectivity index (χ0) is 11.9. The van der Waals surface area contributed by atoms with Crippen molar-refractivity contribution >= 4 is 28.3 Å². The molecule has 0 amide bonds. The maximum absolute atomic E-state index is 11.9. The summed E-state index contributed by atoms with van der Waals surface area (Å²) in [5.41, 5.74) is 7.21. The lowest BCUT2D eigenvalue weighted by Crippen LogP contribution is -2.26. The van der Waals surface area contributed by atoms with Crippen molar-refractivity contribution in [3.05, 3.63) is 35.0 Å². The molecule has 0 fully saturated rings. The normalized spacial score (nSPS) is 13.0. The average molecular weight is 237 g/mol. The number of fused-ring (bicyclic) bond motifs is 1. The fraction of sp³-hybridized carbons (Fsp3) is 0.250. The molecule has 4 heteroatoms. The van der Waals surface area contributed by atoms with Crippen LogP contribution in [-0.4, -0.2) is 16.4 Å². The molecular weight excluding hydrogens is 224 g/mol. The van der Waals surface area contributed by atoms with Crippen LogP contribution >= 0.6 is 11.6 Å². The fourth-order valence-electron chi connectivity index (χ4n) is 1.80. The summed E-state index contributed by atoms with van der Waals surface area (Å²) in [6.45, 7) is 1.69. The maximum Gasteiger partial charge on any atom is 0.181 e. The van der Waals surface area contributed by atoms with Crippen LogP contribution in [0.1, 0.15) is 17.3 Å². The number of ketones is 1. The van der Waals surface area contributed by atoms with Crippen molar-refractivity contribution in [1.29, 1.82) is 0 Å². The highest BCUT2D eigenvalue weighted by Crippen LogP contribution is 2.24. The third-order valence-electron chi connectivity index (χ3n) is 2.63. The molecule has 2 aromatic rings. The summed E-state index contributed by atoms with van der Waals surface area (Å²) < 4.78 is 1.89. The minimum Gasteiger partial charge on any atom is -0.350 e. The molecule has 1 heterocycles. The van der Waals surface area contributed by atoms with Gasteiger partial charge in [0.1, 0.15) is 0 Å². The largest absolute Gasteiger partial charge is 0.350 e. The van der Waals surface area contributed by atoms with E-state index in [2.05, 4.69) is 0 Å². The molecule has 0 bridgehead atoms. The first-order valence-corrected chi connectivity index (χ1v) is 5.43. The van der Waals surface area contributed by atoms with E-state index < -0.39 is 6.04 Å². The second kappa shape index (κ2) is 3.92. The third-order valence-corrected chi connectivity index (χ3v) is 2.87. The Morgan fingerprint density at radius 3 is 2.81 bits per heavy atom. The van der Waals surface area contributed by atoms with Gasteiger partial charge in [-0.25, -0.2) is 0 Å². The first-order chi connectivity index (χ1) is 7.50. The van der Waals surface area contributed by atoms with E-state index in [-0.39, 0.29) is 5.78 Å². The second-order valence-electron chi connectivity index (χ2n) is 3.97. The van der Waals surface area contributed by atoms with Crippen LogP contribution in [0.4, 0.5) is 0 Å². The Morgan fingerprint density at radius 1 is 1.50 bits per heavy atom. The van der Waals surface area contributed by atoms with Gasteiger partial charge in [0.2, 0.25) is 0 Å². The Labute approximate surface area is 98.8 Å². The molecular formula is C12H13ClN2O. The molecule has 84 valence electrons.